The molecule has 0 aromatic heterocycles. The maximum absolute atomic E-state index is 9.73. The van der Waals surface area contributed by atoms with E-state index in [0.29, 0.717) is 11.5 Å². The number of hydrogen-bond acceptors (Lipinski definition) is 6. The molecule has 0 spiro atoms. The van der Waals surface area contributed by atoms with Crippen LogP contribution in [-0.2, 0) is 4.74 Å². The van der Waals surface area contributed by atoms with Crippen molar-refractivity contribution in [2.75, 3.05) is 13.7 Å². The molecule has 1 heterocycles. The van der Waals surface area contributed by atoms with Crippen molar-refractivity contribution in [3.8, 4) is 11.5 Å². The molecule has 100 valence electrons. The molecule has 4 atom stereocenters. The summed E-state index contributed by atoms with van der Waals surface area (Å²) < 4.78 is 15.7. The highest BCUT2D eigenvalue weighted by molar-refractivity contribution is 5.39. The molecule has 18 heavy (non-hydrogen) atoms. The Bertz CT molecular complexity index is 396. The summed E-state index contributed by atoms with van der Waals surface area (Å²) in [4.78, 5) is 0. The van der Waals surface area contributed by atoms with Gasteiger partial charge >= 0.3 is 0 Å². The number of ether oxygens (including phenoxy) is 3. The van der Waals surface area contributed by atoms with Crippen LogP contribution in [0.2, 0.25) is 0 Å². The zero-order chi connectivity index (χ0) is 13.1. The number of rotatable bonds is 3. The molecule has 6 nitrogen and oxygen atoms in total. The van der Waals surface area contributed by atoms with Gasteiger partial charge in [0, 0.05) is 0 Å². The molecule has 0 radical (unpaired) electrons. The lowest BCUT2D eigenvalue weighted by atomic mass is 10.1. The van der Waals surface area contributed by atoms with Gasteiger partial charge in [-0.25, -0.2) is 0 Å². The molecule has 1 aliphatic heterocycles. The number of para-hydroxylation sites is 2. The number of aliphatic hydroxyl groups excluding tert-OH is 3. The first-order valence-electron chi connectivity index (χ1n) is 5.59. The van der Waals surface area contributed by atoms with E-state index < -0.39 is 24.6 Å². The average molecular weight is 256 g/mol. The third-order valence-corrected chi connectivity index (χ3v) is 2.77. The van der Waals surface area contributed by atoms with Crippen molar-refractivity contribution in [1.82, 2.24) is 0 Å². The van der Waals surface area contributed by atoms with Gasteiger partial charge in [0.25, 0.3) is 0 Å². The minimum atomic E-state index is -1.32. The first kappa shape index (κ1) is 13.1. The van der Waals surface area contributed by atoms with Crippen LogP contribution in [-0.4, -0.2) is 53.6 Å². The molecule has 1 saturated heterocycles. The van der Waals surface area contributed by atoms with Crippen molar-refractivity contribution >= 4 is 0 Å². The van der Waals surface area contributed by atoms with E-state index in [-0.39, 0.29) is 6.61 Å². The maximum atomic E-state index is 9.73. The highest BCUT2D eigenvalue weighted by Gasteiger charge is 2.39. The summed E-state index contributed by atoms with van der Waals surface area (Å²) in [6.45, 7) is -0.0992. The normalized spacial score (nSPS) is 32.0. The second-order valence-corrected chi connectivity index (χ2v) is 4.02. The third-order valence-electron chi connectivity index (χ3n) is 2.77. The van der Waals surface area contributed by atoms with Gasteiger partial charge in [-0.2, -0.15) is 0 Å². The smallest absolute Gasteiger partial charge is 0.229 e. The van der Waals surface area contributed by atoms with Crippen molar-refractivity contribution < 1.29 is 29.5 Å². The van der Waals surface area contributed by atoms with Crippen LogP contribution in [0.15, 0.2) is 24.3 Å². The number of benzene rings is 1. The Morgan fingerprint density at radius 1 is 1.11 bits per heavy atom. The largest absolute Gasteiger partial charge is 0.493 e. The van der Waals surface area contributed by atoms with Crippen LogP contribution in [0, 0.1) is 0 Å². The van der Waals surface area contributed by atoms with Crippen LogP contribution >= 0.6 is 0 Å². The van der Waals surface area contributed by atoms with Crippen LogP contribution in [0.1, 0.15) is 0 Å². The van der Waals surface area contributed by atoms with Crippen LogP contribution in [0.5, 0.6) is 11.5 Å². The molecule has 1 aromatic rings. The van der Waals surface area contributed by atoms with E-state index in [0.717, 1.165) is 0 Å². The SMILES string of the molecule is COc1ccccc1O[C@H]1OC[C@@H](O)C(O)C1O. The van der Waals surface area contributed by atoms with E-state index in [9.17, 15) is 15.3 Å². The molecule has 0 bridgehead atoms. The van der Waals surface area contributed by atoms with Gasteiger partial charge in [0.05, 0.1) is 13.7 Å². The van der Waals surface area contributed by atoms with Crippen molar-refractivity contribution in [1.29, 1.82) is 0 Å². The number of aliphatic hydroxyl groups is 3. The Hall–Kier alpha value is -1.34. The Morgan fingerprint density at radius 2 is 1.78 bits per heavy atom. The summed E-state index contributed by atoms with van der Waals surface area (Å²) in [5.41, 5.74) is 0. The van der Waals surface area contributed by atoms with E-state index in [4.69, 9.17) is 14.2 Å². The van der Waals surface area contributed by atoms with E-state index in [1.807, 2.05) is 0 Å². The highest BCUT2D eigenvalue weighted by atomic mass is 16.7. The fourth-order valence-electron chi connectivity index (χ4n) is 1.72. The average Bonchev–Trinajstić information content (AvgIpc) is 2.40. The van der Waals surface area contributed by atoms with Crippen LogP contribution < -0.4 is 9.47 Å². The molecule has 1 aromatic carbocycles. The number of methoxy groups -OCH3 is 1. The molecular formula is C12H16O6. The minimum Gasteiger partial charge on any atom is -0.493 e. The van der Waals surface area contributed by atoms with Crippen molar-refractivity contribution in [2.24, 2.45) is 0 Å². The van der Waals surface area contributed by atoms with Crippen LogP contribution in [0.4, 0.5) is 0 Å². The number of hydrogen-bond donors (Lipinski definition) is 3. The zero-order valence-electron chi connectivity index (χ0n) is 9.89. The Balaban J connectivity index is 2.09. The highest BCUT2D eigenvalue weighted by Crippen LogP contribution is 2.29. The molecular weight excluding hydrogens is 240 g/mol. The molecule has 0 aliphatic carbocycles. The molecule has 3 N–H and O–H groups in total. The van der Waals surface area contributed by atoms with Gasteiger partial charge in [0.15, 0.2) is 11.5 Å². The van der Waals surface area contributed by atoms with Crippen molar-refractivity contribution in [2.45, 2.75) is 24.6 Å². The standard InChI is InChI=1S/C12H16O6/c1-16-8-4-2-3-5-9(8)18-12-11(15)10(14)7(13)6-17-12/h2-5,7,10-15H,6H2,1H3/t7-,10?,11?,12-/m1/s1. The summed E-state index contributed by atoms with van der Waals surface area (Å²) in [6, 6.07) is 6.89. The summed E-state index contributed by atoms with van der Waals surface area (Å²) in [7, 11) is 1.50. The second-order valence-electron chi connectivity index (χ2n) is 4.02. The van der Waals surface area contributed by atoms with Crippen molar-refractivity contribution in [3.05, 3.63) is 24.3 Å². The minimum absolute atomic E-state index is 0.0992. The topological polar surface area (TPSA) is 88.4 Å². The predicted octanol–water partition coefficient (Wildman–Crippen LogP) is -0.487. The van der Waals surface area contributed by atoms with E-state index in [1.54, 1.807) is 24.3 Å². The molecule has 0 saturated carbocycles. The summed E-state index contributed by atoms with van der Waals surface area (Å²) >= 11 is 0. The van der Waals surface area contributed by atoms with Gasteiger partial charge in [0.1, 0.15) is 18.3 Å². The Kier molecular flexibility index (Phi) is 4.03. The van der Waals surface area contributed by atoms with E-state index >= 15 is 0 Å². The fraction of sp³-hybridized carbons (Fsp3) is 0.500. The summed E-state index contributed by atoms with van der Waals surface area (Å²) in [6.07, 6.45) is -4.77. The lowest BCUT2D eigenvalue weighted by Crippen LogP contribution is -2.54. The van der Waals surface area contributed by atoms with Crippen LogP contribution in [0.25, 0.3) is 0 Å². The van der Waals surface area contributed by atoms with Crippen LogP contribution in [0.3, 0.4) is 0 Å². The lowest BCUT2D eigenvalue weighted by molar-refractivity contribution is -0.242. The lowest BCUT2D eigenvalue weighted by Gasteiger charge is -2.35. The summed E-state index contributed by atoms with van der Waals surface area (Å²) in [5, 5.41) is 28.6. The fourth-order valence-corrected chi connectivity index (χ4v) is 1.72. The molecule has 6 heteroatoms. The molecule has 1 aliphatic rings. The molecule has 2 unspecified atom stereocenters. The maximum Gasteiger partial charge on any atom is 0.229 e. The first-order chi connectivity index (χ1) is 8.63. The van der Waals surface area contributed by atoms with Gasteiger partial charge in [0.2, 0.25) is 6.29 Å². The van der Waals surface area contributed by atoms with E-state index in [2.05, 4.69) is 0 Å². The quantitative estimate of drug-likeness (QED) is 0.676. The third kappa shape index (κ3) is 2.56. The first-order valence-corrected chi connectivity index (χ1v) is 5.59. The second kappa shape index (κ2) is 5.53. The Labute approximate surface area is 104 Å². The molecule has 2 rings (SSSR count). The van der Waals surface area contributed by atoms with Gasteiger partial charge in [-0.3, -0.25) is 0 Å². The molecule has 1 fully saturated rings. The predicted molar refractivity (Wildman–Crippen MR) is 61.4 cm³/mol. The van der Waals surface area contributed by atoms with Gasteiger partial charge in [-0.05, 0) is 12.1 Å². The van der Waals surface area contributed by atoms with Gasteiger partial charge in [-0.1, -0.05) is 12.1 Å². The monoisotopic (exact) mass is 256 g/mol. The van der Waals surface area contributed by atoms with Gasteiger partial charge < -0.3 is 29.5 Å². The Morgan fingerprint density at radius 3 is 2.44 bits per heavy atom. The van der Waals surface area contributed by atoms with E-state index in [1.165, 1.54) is 7.11 Å². The van der Waals surface area contributed by atoms with Crippen molar-refractivity contribution in [3.63, 3.8) is 0 Å². The zero-order valence-corrected chi connectivity index (χ0v) is 9.89. The van der Waals surface area contributed by atoms with Gasteiger partial charge in [-0.15, -0.1) is 0 Å². The molecule has 0 amide bonds. The summed E-state index contributed by atoms with van der Waals surface area (Å²) in [5.74, 6) is 0.890.